The molecule has 0 saturated heterocycles. The van der Waals surface area contributed by atoms with E-state index in [9.17, 15) is 9.59 Å². The van der Waals surface area contributed by atoms with E-state index in [1.165, 1.54) is 6.92 Å². The Bertz CT molecular complexity index is 402. The molecule has 1 aromatic rings. The lowest BCUT2D eigenvalue weighted by Gasteiger charge is -2.07. The van der Waals surface area contributed by atoms with E-state index in [1.807, 2.05) is 25.1 Å². The van der Waals surface area contributed by atoms with Crippen molar-refractivity contribution < 1.29 is 9.59 Å². The third-order valence-corrected chi connectivity index (χ3v) is 2.38. The SMILES string of the molecule is CC(=O)CC(=O)Nc1cc(Br)ccc1C. The molecule has 0 fully saturated rings. The molecule has 0 aliphatic heterocycles. The Hall–Kier alpha value is -1.16. The lowest BCUT2D eigenvalue weighted by molar-refractivity contribution is -0.124. The highest BCUT2D eigenvalue weighted by Crippen LogP contribution is 2.20. The second-order valence-corrected chi connectivity index (χ2v) is 4.30. The lowest BCUT2D eigenvalue weighted by atomic mass is 10.2. The van der Waals surface area contributed by atoms with Crippen LogP contribution in [0.1, 0.15) is 18.9 Å². The first-order chi connectivity index (χ1) is 6.99. The van der Waals surface area contributed by atoms with E-state index in [4.69, 9.17) is 0 Å². The van der Waals surface area contributed by atoms with Gasteiger partial charge in [-0.25, -0.2) is 0 Å². The zero-order valence-electron chi connectivity index (χ0n) is 8.63. The summed E-state index contributed by atoms with van der Waals surface area (Å²) in [6.07, 6.45) is -0.0774. The van der Waals surface area contributed by atoms with Crippen LogP contribution in [0.25, 0.3) is 0 Å². The second kappa shape index (κ2) is 5.07. The minimum Gasteiger partial charge on any atom is -0.325 e. The van der Waals surface area contributed by atoms with Crippen LogP contribution in [0, 0.1) is 6.92 Å². The summed E-state index contributed by atoms with van der Waals surface area (Å²) in [6, 6.07) is 5.61. The van der Waals surface area contributed by atoms with Crippen molar-refractivity contribution in [2.45, 2.75) is 20.3 Å². The minimum absolute atomic E-state index is 0.0774. The molecule has 0 unspecified atom stereocenters. The van der Waals surface area contributed by atoms with Gasteiger partial charge in [-0.15, -0.1) is 0 Å². The number of hydrogen-bond donors (Lipinski definition) is 1. The molecule has 0 heterocycles. The van der Waals surface area contributed by atoms with Crippen molar-refractivity contribution in [3.63, 3.8) is 0 Å². The van der Waals surface area contributed by atoms with Crippen molar-refractivity contribution in [3.8, 4) is 0 Å². The van der Waals surface area contributed by atoms with Crippen LogP contribution in [-0.4, -0.2) is 11.7 Å². The van der Waals surface area contributed by atoms with Gasteiger partial charge in [0.05, 0.1) is 6.42 Å². The molecule has 0 atom stereocenters. The summed E-state index contributed by atoms with van der Waals surface area (Å²) in [4.78, 5) is 22.1. The van der Waals surface area contributed by atoms with Crippen LogP contribution in [0.15, 0.2) is 22.7 Å². The molecular weight excluding hydrogens is 258 g/mol. The zero-order chi connectivity index (χ0) is 11.4. The van der Waals surface area contributed by atoms with Crippen LogP contribution >= 0.6 is 15.9 Å². The van der Waals surface area contributed by atoms with Gasteiger partial charge in [0.25, 0.3) is 0 Å². The van der Waals surface area contributed by atoms with Crippen molar-refractivity contribution in [3.05, 3.63) is 28.2 Å². The summed E-state index contributed by atoms with van der Waals surface area (Å²) in [6.45, 7) is 3.29. The zero-order valence-corrected chi connectivity index (χ0v) is 10.2. The van der Waals surface area contributed by atoms with Crippen molar-refractivity contribution in [2.75, 3.05) is 5.32 Å². The van der Waals surface area contributed by atoms with Crippen molar-refractivity contribution in [2.24, 2.45) is 0 Å². The second-order valence-electron chi connectivity index (χ2n) is 3.39. The standard InChI is InChI=1S/C11H12BrNO2/c1-7-3-4-9(12)6-10(7)13-11(15)5-8(2)14/h3-4,6H,5H2,1-2H3,(H,13,15). The maximum atomic E-state index is 11.3. The fourth-order valence-corrected chi connectivity index (χ4v) is 1.51. The Labute approximate surface area is 97.0 Å². The first-order valence-corrected chi connectivity index (χ1v) is 5.34. The number of Topliss-reactive ketones (excluding diaryl/α,β-unsaturated/α-hetero) is 1. The number of halogens is 1. The van der Waals surface area contributed by atoms with E-state index < -0.39 is 0 Å². The number of carbonyl (C=O) groups is 2. The fraction of sp³-hybridized carbons (Fsp3) is 0.273. The summed E-state index contributed by atoms with van der Waals surface area (Å²) in [5, 5.41) is 2.69. The Morgan fingerprint density at radius 2 is 2.07 bits per heavy atom. The quantitative estimate of drug-likeness (QED) is 0.858. The highest BCUT2D eigenvalue weighted by molar-refractivity contribution is 9.10. The van der Waals surface area contributed by atoms with Crippen LogP contribution in [-0.2, 0) is 9.59 Å². The first kappa shape index (κ1) is 11.9. The van der Waals surface area contributed by atoms with Crippen LogP contribution < -0.4 is 5.32 Å². The van der Waals surface area contributed by atoms with Gasteiger partial charge in [-0.1, -0.05) is 22.0 Å². The molecule has 4 heteroatoms. The summed E-state index contributed by atoms with van der Waals surface area (Å²) in [5.74, 6) is -0.413. The number of amides is 1. The van der Waals surface area contributed by atoms with Crippen molar-refractivity contribution >= 4 is 33.3 Å². The molecule has 0 aromatic heterocycles. The van der Waals surface area contributed by atoms with E-state index in [-0.39, 0.29) is 18.1 Å². The van der Waals surface area contributed by atoms with Crippen LogP contribution in [0.3, 0.4) is 0 Å². The Balaban J connectivity index is 2.76. The molecule has 0 bridgehead atoms. The largest absolute Gasteiger partial charge is 0.325 e. The molecule has 0 aliphatic carbocycles. The molecule has 0 saturated carbocycles. The number of aryl methyl sites for hydroxylation is 1. The predicted octanol–water partition coefficient (Wildman–Crippen LogP) is 2.68. The molecular formula is C11H12BrNO2. The van der Waals surface area contributed by atoms with E-state index >= 15 is 0 Å². The molecule has 80 valence electrons. The summed E-state index contributed by atoms with van der Waals surface area (Å²) < 4.78 is 0.895. The van der Waals surface area contributed by atoms with E-state index in [0.29, 0.717) is 0 Å². The highest BCUT2D eigenvalue weighted by atomic mass is 79.9. The number of rotatable bonds is 3. The number of anilines is 1. The number of ketones is 1. The van der Waals surface area contributed by atoms with Gasteiger partial charge in [-0.2, -0.15) is 0 Å². The maximum absolute atomic E-state index is 11.3. The van der Waals surface area contributed by atoms with Crippen LogP contribution in [0.2, 0.25) is 0 Å². The summed E-state index contributed by atoms with van der Waals surface area (Å²) in [5.41, 5.74) is 1.70. The Kier molecular flexibility index (Phi) is 4.03. The number of hydrogen-bond acceptors (Lipinski definition) is 2. The molecule has 3 nitrogen and oxygen atoms in total. The average Bonchev–Trinajstić information content (AvgIpc) is 2.10. The summed E-state index contributed by atoms with van der Waals surface area (Å²) >= 11 is 3.32. The van der Waals surface area contributed by atoms with Crippen molar-refractivity contribution in [1.82, 2.24) is 0 Å². The van der Waals surface area contributed by atoms with Gasteiger partial charge >= 0.3 is 0 Å². The van der Waals surface area contributed by atoms with Crippen LogP contribution in [0.5, 0.6) is 0 Å². The van der Waals surface area contributed by atoms with E-state index in [0.717, 1.165) is 15.7 Å². The van der Waals surface area contributed by atoms with Gasteiger partial charge in [-0.3, -0.25) is 9.59 Å². The average molecular weight is 270 g/mol. The van der Waals surface area contributed by atoms with E-state index in [1.54, 1.807) is 0 Å². The molecule has 1 amide bonds. The van der Waals surface area contributed by atoms with E-state index in [2.05, 4.69) is 21.2 Å². The number of carbonyl (C=O) groups excluding carboxylic acids is 2. The highest BCUT2D eigenvalue weighted by Gasteiger charge is 2.07. The Morgan fingerprint density at radius 3 is 2.67 bits per heavy atom. The van der Waals surface area contributed by atoms with Crippen LogP contribution in [0.4, 0.5) is 5.69 Å². The van der Waals surface area contributed by atoms with Gasteiger partial charge in [0.1, 0.15) is 5.78 Å². The first-order valence-electron chi connectivity index (χ1n) is 4.54. The molecule has 15 heavy (non-hydrogen) atoms. The molecule has 0 radical (unpaired) electrons. The number of nitrogens with one attached hydrogen (secondary N) is 1. The van der Waals surface area contributed by atoms with Crippen molar-refractivity contribution in [1.29, 1.82) is 0 Å². The molecule has 1 rings (SSSR count). The van der Waals surface area contributed by atoms with Gasteiger partial charge in [-0.05, 0) is 31.5 Å². The minimum atomic E-state index is -0.274. The summed E-state index contributed by atoms with van der Waals surface area (Å²) in [7, 11) is 0. The van der Waals surface area contributed by atoms with Gasteiger partial charge < -0.3 is 5.32 Å². The molecule has 1 N–H and O–H groups in total. The molecule has 0 spiro atoms. The molecule has 0 aliphatic rings. The normalized spacial score (nSPS) is 9.80. The third-order valence-electron chi connectivity index (χ3n) is 1.88. The smallest absolute Gasteiger partial charge is 0.231 e. The predicted molar refractivity (Wildman–Crippen MR) is 62.8 cm³/mol. The Morgan fingerprint density at radius 1 is 1.40 bits per heavy atom. The van der Waals surface area contributed by atoms with Gasteiger partial charge in [0.2, 0.25) is 5.91 Å². The lowest BCUT2D eigenvalue weighted by Crippen LogP contribution is -2.15. The molecule has 1 aromatic carbocycles. The topological polar surface area (TPSA) is 46.2 Å². The van der Waals surface area contributed by atoms with Gasteiger partial charge in [0, 0.05) is 10.2 Å². The monoisotopic (exact) mass is 269 g/mol. The third kappa shape index (κ3) is 3.83. The fourth-order valence-electron chi connectivity index (χ4n) is 1.15. The number of benzene rings is 1. The van der Waals surface area contributed by atoms with Gasteiger partial charge in [0.15, 0.2) is 0 Å². The maximum Gasteiger partial charge on any atom is 0.231 e.